The maximum absolute atomic E-state index is 12.7. The lowest BCUT2D eigenvalue weighted by atomic mass is 10.0. The number of nitrogens with zero attached hydrogens (tertiary/aromatic N) is 1. The van der Waals surface area contributed by atoms with Crippen molar-refractivity contribution >= 4 is 39.3 Å². The average Bonchev–Trinajstić information content (AvgIpc) is 2.55. The van der Waals surface area contributed by atoms with E-state index in [9.17, 15) is 14.7 Å². The SMILES string of the molecule is CCOC(=O)C(=CN[C@H](CO)CC(C)C)C(=O)c1cc(Br)cnc1Cl. The molecule has 0 fully saturated rings. The monoisotopic (exact) mass is 432 g/mol. The Morgan fingerprint density at radius 3 is 2.72 bits per heavy atom. The Bertz CT molecular complexity index is 650. The van der Waals surface area contributed by atoms with Gasteiger partial charge in [0.1, 0.15) is 10.7 Å². The van der Waals surface area contributed by atoms with Gasteiger partial charge in [0.25, 0.3) is 0 Å². The number of esters is 1. The minimum Gasteiger partial charge on any atom is -0.462 e. The molecule has 138 valence electrons. The van der Waals surface area contributed by atoms with Crippen LogP contribution in [0.2, 0.25) is 5.15 Å². The summed E-state index contributed by atoms with van der Waals surface area (Å²) in [6.07, 6.45) is 3.41. The van der Waals surface area contributed by atoms with Crippen molar-refractivity contribution < 1.29 is 19.4 Å². The number of Topliss-reactive ketones (excluding diaryl/α,β-unsaturated/α-hetero) is 1. The normalized spacial score (nSPS) is 12.8. The van der Waals surface area contributed by atoms with Crippen molar-refractivity contribution in [3.05, 3.63) is 39.2 Å². The molecule has 0 radical (unpaired) electrons. The predicted molar refractivity (Wildman–Crippen MR) is 99.5 cm³/mol. The van der Waals surface area contributed by atoms with Gasteiger partial charge in [-0.2, -0.15) is 0 Å². The number of rotatable bonds is 9. The van der Waals surface area contributed by atoms with Crippen molar-refractivity contribution in [2.24, 2.45) is 5.92 Å². The van der Waals surface area contributed by atoms with Crippen LogP contribution < -0.4 is 5.32 Å². The van der Waals surface area contributed by atoms with E-state index in [1.165, 1.54) is 18.5 Å². The molecule has 0 unspecified atom stereocenters. The predicted octanol–water partition coefficient (Wildman–Crippen LogP) is 3.12. The summed E-state index contributed by atoms with van der Waals surface area (Å²) in [5.41, 5.74) is -0.118. The summed E-state index contributed by atoms with van der Waals surface area (Å²) in [6.45, 7) is 5.68. The summed E-state index contributed by atoms with van der Waals surface area (Å²) < 4.78 is 5.52. The Hall–Kier alpha value is -1.44. The maximum Gasteiger partial charge on any atom is 0.343 e. The second-order valence-electron chi connectivity index (χ2n) is 5.78. The fourth-order valence-corrected chi connectivity index (χ4v) is 2.64. The minimum atomic E-state index is -0.766. The third kappa shape index (κ3) is 6.76. The highest BCUT2D eigenvalue weighted by Gasteiger charge is 2.24. The lowest BCUT2D eigenvalue weighted by molar-refractivity contribution is -0.138. The van der Waals surface area contributed by atoms with E-state index in [4.69, 9.17) is 16.3 Å². The third-order valence-electron chi connectivity index (χ3n) is 3.23. The molecule has 0 saturated carbocycles. The molecule has 0 aliphatic rings. The largest absolute Gasteiger partial charge is 0.462 e. The zero-order valence-electron chi connectivity index (χ0n) is 14.4. The fraction of sp³-hybridized carbons (Fsp3) is 0.471. The summed E-state index contributed by atoms with van der Waals surface area (Å²) in [5.74, 6) is -1.04. The molecule has 0 aliphatic heterocycles. The molecule has 1 aromatic heterocycles. The molecule has 6 nitrogen and oxygen atoms in total. The molecular formula is C17H22BrClN2O4. The molecule has 0 bridgehead atoms. The molecule has 0 saturated heterocycles. The molecule has 8 heteroatoms. The van der Waals surface area contributed by atoms with Crippen molar-refractivity contribution in [2.75, 3.05) is 13.2 Å². The second-order valence-corrected chi connectivity index (χ2v) is 7.05. The summed E-state index contributed by atoms with van der Waals surface area (Å²) in [4.78, 5) is 28.8. The first-order valence-corrected chi connectivity index (χ1v) is 9.07. The van der Waals surface area contributed by atoms with Crippen molar-refractivity contribution in [1.29, 1.82) is 0 Å². The molecule has 2 N–H and O–H groups in total. The van der Waals surface area contributed by atoms with Crippen LogP contribution in [0.3, 0.4) is 0 Å². The van der Waals surface area contributed by atoms with Crippen LogP contribution in [0, 0.1) is 5.92 Å². The van der Waals surface area contributed by atoms with Crippen LogP contribution in [0.25, 0.3) is 0 Å². The van der Waals surface area contributed by atoms with Gasteiger partial charge in [-0.25, -0.2) is 9.78 Å². The highest BCUT2D eigenvalue weighted by atomic mass is 79.9. The molecular weight excluding hydrogens is 412 g/mol. The Labute approximate surface area is 160 Å². The molecule has 0 aromatic carbocycles. The Morgan fingerprint density at radius 1 is 1.48 bits per heavy atom. The van der Waals surface area contributed by atoms with Crippen LogP contribution >= 0.6 is 27.5 Å². The number of halogens is 2. The lowest BCUT2D eigenvalue weighted by Gasteiger charge is -2.17. The lowest BCUT2D eigenvalue weighted by Crippen LogP contribution is -2.31. The Morgan fingerprint density at radius 2 is 2.16 bits per heavy atom. The zero-order valence-corrected chi connectivity index (χ0v) is 16.7. The molecule has 0 aliphatic carbocycles. The second kappa shape index (κ2) is 10.5. The van der Waals surface area contributed by atoms with Gasteiger partial charge >= 0.3 is 5.97 Å². The van der Waals surface area contributed by atoms with E-state index in [0.717, 1.165) is 0 Å². The first kappa shape index (κ1) is 21.6. The topological polar surface area (TPSA) is 88.5 Å². The number of hydrogen-bond donors (Lipinski definition) is 2. The van der Waals surface area contributed by atoms with Crippen molar-refractivity contribution in [3.8, 4) is 0 Å². The molecule has 1 heterocycles. The number of aromatic nitrogens is 1. The highest BCUT2D eigenvalue weighted by molar-refractivity contribution is 9.10. The van der Waals surface area contributed by atoms with Gasteiger partial charge in [-0.15, -0.1) is 0 Å². The molecule has 25 heavy (non-hydrogen) atoms. The van der Waals surface area contributed by atoms with E-state index in [1.54, 1.807) is 6.92 Å². The van der Waals surface area contributed by atoms with E-state index in [0.29, 0.717) is 16.8 Å². The van der Waals surface area contributed by atoms with E-state index < -0.39 is 11.8 Å². The summed E-state index contributed by atoms with van der Waals surface area (Å²) >= 11 is 9.21. The smallest absolute Gasteiger partial charge is 0.343 e. The number of carbonyl (C=O) groups excluding carboxylic acids is 2. The van der Waals surface area contributed by atoms with E-state index in [-0.39, 0.29) is 35.5 Å². The van der Waals surface area contributed by atoms with Gasteiger partial charge in [0, 0.05) is 22.9 Å². The van der Waals surface area contributed by atoms with Crippen molar-refractivity contribution in [3.63, 3.8) is 0 Å². The van der Waals surface area contributed by atoms with Gasteiger partial charge in [-0.3, -0.25) is 4.79 Å². The number of aliphatic hydroxyl groups is 1. The van der Waals surface area contributed by atoms with Crippen LogP contribution in [0.1, 0.15) is 37.6 Å². The van der Waals surface area contributed by atoms with E-state index >= 15 is 0 Å². The molecule has 1 atom stereocenters. The van der Waals surface area contributed by atoms with E-state index in [2.05, 4.69) is 26.2 Å². The first-order chi connectivity index (χ1) is 11.8. The third-order valence-corrected chi connectivity index (χ3v) is 3.96. The van der Waals surface area contributed by atoms with Crippen LogP contribution in [-0.2, 0) is 9.53 Å². The molecule has 0 spiro atoms. The fourth-order valence-electron chi connectivity index (χ4n) is 2.12. The van der Waals surface area contributed by atoms with Crippen LogP contribution in [0.5, 0.6) is 0 Å². The van der Waals surface area contributed by atoms with Gasteiger partial charge in [-0.05, 0) is 41.3 Å². The minimum absolute atomic E-state index is 0.00992. The number of ether oxygens (including phenoxy) is 1. The van der Waals surface area contributed by atoms with Crippen LogP contribution in [-0.4, -0.2) is 41.1 Å². The number of hydrogen-bond acceptors (Lipinski definition) is 6. The highest BCUT2D eigenvalue weighted by Crippen LogP contribution is 2.21. The van der Waals surface area contributed by atoms with Gasteiger partial charge in [0.15, 0.2) is 0 Å². The Kier molecular flexibility index (Phi) is 9.10. The van der Waals surface area contributed by atoms with Crippen molar-refractivity contribution in [2.45, 2.75) is 33.2 Å². The molecule has 1 aromatic rings. The quantitative estimate of drug-likeness (QED) is 0.155. The van der Waals surface area contributed by atoms with E-state index in [1.807, 2.05) is 13.8 Å². The molecule has 1 rings (SSSR count). The first-order valence-electron chi connectivity index (χ1n) is 7.90. The maximum atomic E-state index is 12.7. The number of pyridine rings is 1. The zero-order chi connectivity index (χ0) is 19.0. The van der Waals surface area contributed by atoms with Gasteiger partial charge in [0.2, 0.25) is 5.78 Å². The Balaban J connectivity index is 3.15. The van der Waals surface area contributed by atoms with Crippen LogP contribution in [0.4, 0.5) is 0 Å². The average molecular weight is 434 g/mol. The molecule has 0 amide bonds. The number of aliphatic hydroxyl groups excluding tert-OH is 1. The number of nitrogens with one attached hydrogen (secondary N) is 1. The number of ketones is 1. The van der Waals surface area contributed by atoms with Crippen molar-refractivity contribution in [1.82, 2.24) is 10.3 Å². The summed E-state index contributed by atoms with van der Waals surface area (Å²) in [6, 6.07) is 1.20. The van der Waals surface area contributed by atoms with Gasteiger partial charge in [0.05, 0.1) is 18.8 Å². The van der Waals surface area contributed by atoms with Gasteiger partial charge in [-0.1, -0.05) is 25.4 Å². The van der Waals surface area contributed by atoms with Gasteiger partial charge < -0.3 is 15.2 Å². The summed E-state index contributed by atoms with van der Waals surface area (Å²) in [7, 11) is 0. The standard InChI is InChI=1S/C17H22BrClN2O4/c1-4-25-17(24)14(8-20-12(9-22)5-10(2)3)15(23)13-6-11(18)7-21-16(13)19/h6-8,10,12,20,22H,4-5,9H2,1-3H3/t12-/m0/s1. The number of carbonyl (C=O) groups is 2. The van der Waals surface area contributed by atoms with Crippen LogP contribution in [0.15, 0.2) is 28.5 Å². The summed E-state index contributed by atoms with van der Waals surface area (Å²) in [5, 5.41) is 12.3.